The van der Waals surface area contributed by atoms with Crippen LogP contribution in [0.4, 0.5) is 4.39 Å². The van der Waals surface area contributed by atoms with Crippen molar-refractivity contribution >= 4 is 27.7 Å². The largest absolute Gasteiger partial charge is 0.378 e. The van der Waals surface area contributed by atoms with Gasteiger partial charge in [0, 0.05) is 35.9 Å². The van der Waals surface area contributed by atoms with Crippen LogP contribution >= 0.6 is 0 Å². The van der Waals surface area contributed by atoms with Gasteiger partial charge in [-0.1, -0.05) is 30.3 Å². The molecule has 0 bridgehead atoms. The van der Waals surface area contributed by atoms with E-state index >= 15 is 0 Å². The molecule has 4 aromatic rings. The van der Waals surface area contributed by atoms with Gasteiger partial charge in [-0.15, -0.1) is 0 Å². The summed E-state index contributed by atoms with van der Waals surface area (Å²) in [6.07, 6.45) is 1.65. The van der Waals surface area contributed by atoms with E-state index in [-0.39, 0.29) is 23.8 Å². The number of amides is 1. The van der Waals surface area contributed by atoms with E-state index in [1.54, 1.807) is 23.2 Å². The predicted molar refractivity (Wildman–Crippen MR) is 114 cm³/mol. The smallest absolute Gasteiger partial charge is 0.291 e. The van der Waals surface area contributed by atoms with Crippen molar-refractivity contribution in [1.82, 2.24) is 19.2 Å². The minimum Gasteiger partial charge on any atom is -0.378 e. The summed E-state index contributed by atoms with van der Waals surface area (Å²) in [7, 11) is 0. The van der Waals surface area contributed by atoms with Gasteiger partial charge in [0.1, 0.15) is 17.9 Å². The van der Waals surface area contributed by atoms with Crippen LogP contribution in [0.1, 0.15) is 5.56 Å². The van der Waals surface area contributed by atoms with Gasteiger partial charge in [-0.3, -0.25) is 9.59 Å². The van der Waals surface area contributed by atoms with Crippen LogP contribution in [-0.4, -0.2) is 51.5 Å². The van der Waals surface area contributed by atoms with Gasteiger partial charge in [0.25, 0.3) is 5.56 Å². The van der Waals surface area contributed by atoms with E-state index in [2.05, 4.69) is 5.10 Å². The van der Waals surface area contributed by atoms with Crippen LogP contribution in [0.3, 0.4) is 0 Å². The fourth-order valence-corrected chi connectivity index (χ4v) is 4.08. The molecule has 3 heterocycles. The summed E-state index contributed by atoms with van der Waals surface area (Å²) in [5.41, 5.74) is 1.92. The highest BCUT2D eigenvalue weighted by Crippen LogP contribution is 2.27. The lowest BCUT2D eigenvalue weighted by atomic mass is 10.2. The molecule has 0 unspecified atom stereocenters. The highest BCUT2D eigenvalue weighted by atomic mass is 19.1. The predicted octanol–water partition coefficient (Wildman–Crippen LogP) is 2.40. The molecule has 8 heteroatoms. The van der Waals surface area contributed by atoms with Crippen LogP contribution in [0.25, 0.3) is 21.8 Å². The van der Waals surface area contributed by atoms with Gasteiger partial charge in [-0.25, -0.2) is 9.07 Å². The van der Waals surface area contributed by atoms with Gasteiger partial charge < -0.3 is 14.2 Å². The lowest BCUT2D eigenvalue weighted by Crippen LogP contribution is -2.43. The molecule has 158 valence electrons. The van der Waals surface area contributed by atoms with E-state index in [0.29, 0.717) is 38.4 Å². The first-order valence-corrected chi connectivity index (χ1v) is 10.2. The molecule has 5 rings (SSSR count). The number of carbonyl (C=O) groups excluding carboxylic acids is 1. The molecule has 0 saturated carbocycles. The number of aromatic nitrogens is 3. The summed E-state index contributed by atoms with van der Waals surface area (Å²) in [5.74, 6) is -0.461. The fourth-order valence-electron chi connectivity index (χ4n) is 4.08. The van der Waals surface area contributed by atoms with E-state index < -0.39 is 0 Å². The topological polar surface area (TPSA) is 69.4 Å². The zero-order chi connectivity index (χ0) is 21.4. The summed E-state index contributed by atoms with van der Waals surface area (Å²) in [6.45, 7) is 2.31. The van der Waals surface area contributed by atoms with Gasteiger partial charge in [0.15, 0.2) is 0 Å². The number of fused-ring (bicyclic) bond motifs is 3. The SMILES string of the molecule is O=C(Cn1ncc2c3ccccc3n(Cc3ccc(F)cc3)c2c1=O)N1CCOCC1. The molecule has 2 aromatic heterocycles. The third-order valence-electron chi connectivity index (χ3n) is 5.68. The monoisotopic (exact) mass is 420 g/mol. The van der Waals surface area contributed by atoms with E-state index in [4.69, 9.17) is 4.74 Å². The van der Waals surface area contributed by atoms with Crippen LogP contribution < -0.4 is 5.56 Å². The van der Waals surface area contributed by atoms with Crippen molar-refractivity contribution in [3.05, 3.63) is 76.5 Å². The maximum Gasteiger partial charge on any atom is 0.291 e. The molecule has 0 N–H and O–H groups in total. The van der Waals surface area contributed by atoms with Gasteiger partial charge in [0.2, 0.25) is 5.91 Å². The summed E-state index contributed by atoms with van der Waals surface area (Å²) < 4.78 is 21.8. The van der Waals surface area contributed by atoms with E-state index in [0.717, 1.165) is 21.9 Å². The Morgan fingerprint density at radius 2 is 1.77 bits per heavy atom. The molecule has 31 heavy (non-hydrogen) atoms. The number of rotatable bonds is 4. The standard InChI is InChI=1S/C23H21FN4O3/c24-17-7-5-16(6-8-17)14-27-20-4-2-1-3-18(20)19-13-25-28(23(30)22(19)27)15-21(29)26-9-11-31-12-10-26/h1-8,13H,9-12,14-15H2. The number of ether oxygens (including phenoxy) is 1. The third-order valence-corrected chi connectivity index (χ3v) is 5.68. The summed E-state index contributed by atoms with van der Waals surface area (Å²) >= 11 is 0. The summed E-state index contributed by atoms with van der Waals surface area (Å²) in [4.78, 5) is 27.8. The molecular weight excluding hydrogens is 399 g/mol. The molecule has 7 nitrogen and oxygen atoms in total. The van der Waals surface area contributed by atoms with Gasteiger partial charge >= 0.3 is 0 Å². The Balaban J connectivity index is 1.60. The first kappa shape index (κ1) is 19.4. The van der Waals surface area contributed by atoms with Crippen LogP contribution in [0.15, 0.2) is 59.5 Å². The number of hydrogen-bond donors (Lipinski definition) is 0. The number of para-hydroxylation sites is 1. The van der Waals surface area contributed by atoms with E-state index in [1.165, 1.54) is 16.8 Å². The molecule has 1 aliphatic rings. The van der Waals surface area contributed by atoms with Crippen molar-refractivity contribution in [3.63, 3.8) is 0 Å². The van der Waals surface area contributed by atoms with Crippen LogP contribution in [0.2, 0.25) is 0 Å². The Morgan fingerprint density at radius 3 is 2.55 bits per heavy atom. The lowest BCUT2D eigenvalue weighted by molar-refractivity contribution is -0.136. The van der Waals surface area contributed by atoms with Crippen LogP contribution in [-0.2, 0) is 22.6 Å². The number of halogens is 1. The van der Waals surface area contributed by atoms with Crippen LogP contribution in [0.5, 0.6) is 0 Å². The molecule has 1 amide bonds. The summed E-state index contributed by atoms with van der Waals surface area (Å²) in [5, 5.41) is 5.93. The Hall–Kier alpha value is -3.52. The van der Waals surface area contributed by atoms with Crippen molar-refractivity contribution in [2.75, 3.05) is 26.3 Å². The maximum atomic E-state index is 13.4. The Morgan fingerprint density at radius 1 is 1.03 bits per heavy atom. The molecule has 0 atom stereocenters. The first-order chi connectivity index (χ1) is 15.1. The second-order valence-corrected chi connectivity index (χ2v) is 7.59. The molecule has 2 aromatic carbocycles. The fraction of sp³-hybridized carbons (Fsp3) is 0.261. The van der Waals surface area contributed by atoms with Crippen molar-refractivity contribution in [2.24, 2.45) is 0 Å². The van der Waals surface area contributed by atoms with Crippen LogP contribution in [0, 0.1) is 5.82 Å². The molecule has 0 radical (unpaired) electrons. The van der Waals surface area contributed by atoms with Gasteiger partial charge in [-0.2, -0.15) is 5.10 Å². The van der Waals surface area contributed by atoms with Crippen molar-refractivity contribution in [3.8, 4) is 0 Å². The lowest BCUT2D eigenvalue weighted by Gasteiger charge is -2.26. The maximum absolute atomic E-state index is 13.4. The quantitative estimate of drug-likeness (QED) is 0.508. The zero-order valence-electron chi connectivity index (χ0n) is 16.8. The molecule has 1 aliphatic heterocycles. The Bertz CT molecular complexity index is 1320. The van der Waals surface area contributed by atoms with Gasteiger partial charge in [-0.05, 0) is 23.8 Å². The van der Waals surface area contributed by atoms with E-state index in [9.17, 15) is 14.0 Å². The molecule has 0 aliphatic carbocycles. The number of nitrogens with zero attached hydrogens (tertiary/aromatic N) is 4. The normalized spacial score (nSPS) is 14.4. The average molecular weight is 420 g/mol. The average Bonchev–Trinajstić information content (AvgIpc) is 3.12. The minimum absolute atomic E-state index is 0.118. The second-order valence-electron chi connectivity index (χ2n) is 7.59. The zero-order valence-corrected chi connectivity index (χ0v) is 16.8. The molecule has 1 saturated heterocycles. The number of carbonyl (C=O) groups is 1. The molecule has 0 spiro atoms. The van der Waals surface area contributed by atoms with Crippen molar-refractivity contribution < 1.29 is 13.9 Å². The van der Waals surface area contributed by atoms with E-state index in [1.807, 2.05) is 28.8 Å². The minimum atomic E-state index is -0.322. The number of benzene rings is 2. The van der Waals surface area contributed by atoms with Crippen molar-refractivity contribution in [1.29, 1.82) is 0 Å². The third kappa shape index (κ3) is 3.59. The van der Waals surface area contributed by atoms with Crippen molar-refractivity contribution in [2.45, 2.75) is 13.1 Å². The summed E-state index contributed by atoms with van der Waals surface area (Å²) in [6, 6.07) is 13.9. The molecule has 1 fully saturated rings. The number of hydrogen-bond acceptors (Lipinski definition) is 4. The number of morpholine rings is 1. The Kier molecular flexibility index (Phi) is 4.99. The molecular formula is C23H21FN4O3. The van der Waals surface area contributed by atoms with Gasteiger partial charge in [0.05, 0.1) is 19.4 Å². The first-order valence-electron chi connectivity index (χ1n) is 10.2. The highest BCUT2D eigenvalue weighted by molar-refractivity contribution is 6.07. The second kappa shape index (κ2) is 7.96. The highest BCUT2D eigenvalue weighted by Gasteiger charge is 2.21. The Labute approximate surface area is 177 Å².